The lowest BCUT2D eigenvalue weighted by Crippen LogP contribution is -2.54. The van der Waals surface area contributed by atoms with E-state index in [1.165, 1.54) is 11.8 Å². The summed E-state index contributed by atoms with van der Waals surface area (Å²) >= 11 is 7.52. The predicted molar refractivity (Wildman–Crippen MR) is 147 cm³/mol. The quantitative estimate of drug-likeness (QED) is 0.257. The summed E-state index contributed by atoms with van der Waals surface area (Å²) < 4.78 is 10.6. The SMILES string of the molecule is COc1ccc(CCNC(=O)CSc2nc(Cl)cc(N3CCN(C(=O)CC(C)C)C(C)C3)n2)cc1OC. The number of halogens is 1. The maximum atomic E-state index is 12.5. The zero-order chi connectivity index (χ0) is 26.9. The maximum Gasteiger partial charge on any atom is 0.230 e. The monoisotopic (exact) mass is 549 g/mol. The Labute approximate surface area is 228 Å². The Morgan fingerprint density at radius 3 is 2.59 bits per heavy atom. The first-order valence-corrected chi connectivity index (χ1v) is 13.8. The van der Waals surface area contributed by atoms with Gasteiger partial charge in [0.1, 0.15) is 11.0 Å². The Morgan fingerprint density at radius 2 is 1.92 bits per heavy atom. The first kappa shape index (κ1) is 28.8. The van der Waals surface area contributed by atoms with Gasteiger partial charge in [-0.15, -0.1) is 0 Å². The molecule has 37 heavy (non-hydrogen) atoms. The number of anilines is 1. The summed E-state index contributed by atoms with van der Waals surface area (Å²) in [5.41, 5.74) is 1.04. The van der Waals surface area contributed by atoms with E-state index in [1.54, 1.807) is 20.3 Å². The molecule has 2 amide bonds. The van der Waals surface area contributed by atoms with Gasteiger partial charge in [-0.2, -0.15) is 0 Å². The molecule has 202 valence electrons. The van der Waals surface area contributed by atoms with Gasteiger partial charge in [0.05, 0.1) is 20.0 Å². The number of piperazine rings is 1. The van der Waals surface area contributed by atoms with Crippen molar-refractivity contribution in [3.05, 3.63) is 35.0 Å². The zero-order valence-corrected chi connectivity index (χ0v) is 23.7. The molecule has 0 spiro atoms. The zero-order valence-electron chi connectivity index (χ0n) is 22.1. The number of nitrogens with one attached hydrogen (secondary N) is 1. The fourth-order valence-corrected chi connectivity index (χ4v) is 5.09. The van der Waals surface area contributed by atoms with Crippen LogP contribution in [0.25, 0.3) is 0 Å². The van der Waals surface area contributed by atoms with Crippen molar-refractivity contribution in [1.29, 1.82) is 0 Å². The van der Waals surface area contributed by atoms with E-state index in [2.05, 4.69) is 41.0 Å². The van der Waals surface area contributed by atoms with E-state index >= 15 is 0 Å². The number of ether oxygens (including phenoxy) is 2. The molecule has 11 heteroatoms. The predicted octanol–water partition coefficient (Wildman–Crippen LogP) is 3.68. The van der Waals surface area contributed by atoms with E-state index in [4.69, 9.17) is 21.1 Å². The van der Waals surface area contributed by atoms with Crippen LogP contribution in [0.4, 0.5) is 5.82 Å². The molecule has 0 aliphatic carbocycles. The lowest BCUT2D eigenvalue weighted by atomic mass is 10.1. The molecule has 0 bridgehead atoms. The number of amides is 2. The summed E-state index contributed by atoms with van der Waals surface area (Å²) in [5.74, 6) is 2.63. The molecule has 0 saturated carbocycles. The minimum Gasteiger partial charge on any atom is -0.493 e. The summed E-state index contributed by atoms with van der Waals surface area (Å²) in [6.45, 7) is 8.63. The first-order valence-electron chi connectivity index (χ1n) is 12.4. The van der Waals surface area contributed by atoms with E-state index in [1.807, 2.05) is 23.1 Å². The van der Waals surface area contributed by atoms with Crippen molar-refractivity contribution in [2.45, 2.75) is 44.8 Å². The fourth-order valence-electron chi connectivity index (χ4n) is 4.18. The molecule has 1 aliphatic heterocycles. The van der Waals surface area contributed by atoms with E-state index in [-0.39, 0.29) is 23.6 Å². The second kappa shape index (κ2) is 13.7. The second-order valence-electron chi connectivity index (χ2n) is 9.39. The molecule has 1 saturated heterocycles. The Hall–Kier alpha value is -2.72. The number of nitrogens with zero attached hydrogens (tertiary/aromatic N) is 4. The Morgan fingerprint density at radius 1 is 1.16 bits per heavy atom. The van der Waals surface area contributed by atoms with Gasteiger partial charge in [0, 0.05) is 44.7 Å². The van der Waals surface area contributed by atoms with Gasteiger partial charge in [-0.05, 0) is 37.0 Å². The first-order chi connectivity index (χ1) is 17.7. The Bertz CT molecular complexity index is 1090. The molecule has 1 fully saturated rings. The van der Waals surface area contributed by atoms with Crippen LogP contribution in [-0.4, -0.2) is 78.9 Å². The van der Waals surface area contributed by atoms with Crippen LogP contribution in [0, 0.1) is 5.92 Å². The van der Waals surface area contributed by atoms with Crippen LogP contribution in [0.15, 0.2) is 29.4 Å². The number of thioether (sulfide) groups is 1. The van der Waals surface area contributed by atoms with Crippen molar-refractivity contribution in [3.8, 4) is 11.5 Å². The third kappa shape index (κ3) is 8.39. The number of benzene rings is 1. The van der Waals surface area contributed by atoms with Gasteiger partial charge in [0.25, 0.3) is 0 Å². The molecule has 1 aliphatic rings. The van der Waals surface area contributed by atoms with E-state index in [0.29, 0.717) is 72.6 Å². The highest BCUT2D eigenvalue weighted by Gasteiger charge is 2.28. The number of aromatic nitrogens is 2. The Balaban J connectivity index is 1.50. The van der Waals surface area contributed by atoms with Crippen molar-refractivity contribution in [3.63, 3.8) is 0 Å². The Kier molecular flexibility index (Phi) is 10.7. The number of hydrogen-bond donors (Lipinski definition) is 1. The number of hydrogen-bond acceptors (Lipinski definition) is 8. The molecule has 1 aromatic heterocycles. The largest absolute Gasteiger partial charge is 0.493 e. The van der Waals surface area contributed by atoms with Gasteiger partial charge in [0.2, 0.25) is 11.8 Å². The van der Waals surface area contributed by atoms with E-state index in [9.17, 15) is 9.59 Å². The molecule has 1 aromatic carbocycles. The van der Waals surface area contributed by atoms with Crippen molar-refractivity contribution >= 4 is 41.0 Å². The minimum absolute atomic E-state index is 0.0706. The van der Waals surface area contributed by atoms with Gasteiger partial charge >= 0.3 is 0 Å². The number of rotatable bonds is 11. The molecule has 0 radical (unpaired) electrons. The van der Waals surface area contributed by atoms with Gasteiger partial charge in [0.15, 0.2) is 16.7 Å². The molecule has 1 atom stereocenters. The topological polar surface area (TPSA) is 96.9 Å². The van der Waals surface area contributed by atoms with Crippen LogP contribution >= 0.6 is 23.4 Å². The van der Waals surface area contributed by atoms with Gasteiger partial charge < -0.3 is 24.6 Å². The lowest BCUT2D eigenvalue weighted by Gasteiger charge is -2.40. The molecule has 2 aromatic rings. The van der Waals surface area contributed by atoms with Crippen molar-refractivity contribution in [1.82, 2.24) is 20.2 Å². The van der Waals surface area contributed by atoms with Crippen LogP contribution in [-0.2, 0) is 16.0 Å². The van der Waals surface area contributed by atoms with Crippen LogP contribution in [0.2, 0.25) is 5.15 Å². The summed E-state index contributed by atoms with van der Waals surface area (Å²) in [6.07, 6.45) is 1.22. The van der Waals surface area contributed by atoms with Crippen LogP contribution in [0.3, 0.4) is 0 Å². The normalized spacial score (nSPS) is 15.6. The maximum absolute atomic E-state index is 12.5. The molecular formula is C26H36ClN5O4S. The molecule has 3 rings (SSSR count). The fraction of sp³-hybridized carbons (Fsp3) is 0.538. The number of carbonyl (C=O) groups excluding carboxylic acids is 2. The van der Waals surface area contributed by atoms with Gasteiger partial charge in [-0.1, -0.05) is 43.3 Å². The van der Waals surface area contributed by atoms with Gasteiger partial charge in [-0.25, -0.2) is 9.97 Å². The average Bonchev–Trinajstić information content (AvgIpc) is 2.86. The average molecular weight is 550 g/mol. The van der Waals surface area contributed by atoms with Gasteiger partial charge in [-0.3, -0.25) is 9.59 Å². The molecule has 9 nitrogen and oxygen atoms in total. The van der Waals surface area contributed by atoms with Crippen LogP contribution < -0.4 is 19.7 Å². The number of methoxy groups -OCH3 is 2. The second-order valence-corrected chi connectivity index (χ2v) is 10.7. The molecular weight excluding hydrogens is 514 g/mol. The van der Waals surface area contributed by atoms with Crippen molar-refractivity contribution < 1.29 is 19.1 Å². The van der Waals surface area contributed by atoms with Crippen molar-refractivity contribution in [2.75, 3.05) is 51.1 Å². The van der Waals surface area contributed by atoms with Crippen LogP contribution in [0.5, 0.6) is 11.5 Å². The minimum atomic E-state index is -0.110. The molecule has 1 unspecified atom stereocenters. The summed E-state index contributed by atoms with van der Waals surface area (Å²) in [7, 11) is 3.19. The summed E-state index contributed by atoms with van der Waals surface area (Å²) in [4.78, 5) is 37.9. The highest BCUT2D eigenvalue weighted by molar-refractivity contribution is 7.99. The highest BCUT2D eigenvalue weighted by atomic mass is 35.5. The highest BCUT2D eigenvalue weighted by Crippen LogP contribution is 2.28. The molecule has 2 heterocycles. The lowest BCUT2D eigenvalue weighted by molar-refractivity contribution is -0.134. The smallest absolute Gasteiger partial charge is 0.230 e. The third-order valence-electron chi connectivity index (χ3n) is 6.03. The summed E-state index contributed by atoms with van der Waals surface area (Å²) in [5, 5.41) is 3.70. The van der Waals surface area contributed by atoms with Crippen LogP contribution in [0.1, 0.15) is 32.8 Å². The van der Waals surface area contributed by atoms with E-state index < -0.39 is 0 Å². The standard InChI is InChI=1S/C26H36ClN5O4S/c1-17(2)12-25(34)32-11-10-31(15-18(32)3)23-14-22(27)29-26(30-23)37-16-24(33)28-9-8-19-6-7-20(35-4)21(13-19)36-5/h6-7,13-14,17-18H,8-12,15-16H2,1-5H3,(H,28,33). The third-order valence-corrected chi connectivity index (χ3v) is 7.07. The number of carbonyl (C=O) groups is 2. The van der Waals surface area contributed by atoms with E-state index in [0.717, 1.165) is 5.56 Å². The van der Waals surface area contributed by atoms with Crippen molar-refractivity contribution in [2.24, 2.45) is 5.92 Å². The molecule has 1 N–H and O–H groups in total. The summed E-state index contributed by atoms with van der Waals surface area (Å²) in [6, 6.07) is 7.50.